The van der Waals surface area contributed by atoms with Crippen molar-refractivity contribution in [3.8, 4) is 0 Å². The SMILES string of the molecule is OCCC[C@H](c1c(F)cccc1Cl)N1CCNCC1. The maximum absolute atomic E-state index is 14.1. The molecular formula is C14H20ClFN2O. The van der Waals surface area contributed by atoms with Gasteiger partial charge in [0.05, 0.1) is 0 Å². The Morgan fingerprint density at radius 1 is 1.37 bits per heavy atom. The predicted octanol–water partition coefficient (Wildman–Crippen LogP) is 2.20. The van der Waals surface area contributed by atoms with Gasteiger partial charge in [0, 0.05) is 49.4 Å². The molecule has 0 radical (unpaired) electrons. The summed E-state index contributed by atoms with van der Waals surface area (Å²) in [5.74, 6) is -0.256. The number of rotatable bonds is 5. The smallest absolute Gasteiger partial charge is 0.129 e. The van der Waals surface area contributed by atoms with Gasteiger partial charge in [-0.3, -0.25) is 4.90 Å². The summed E-state index contributed by atoms with van der Waals surface area (Å²) < 4.78 is 14.1. The summed E-state index contributed by atoms with van der Waals surface area (Å²) in [5, 5.41) is 12.8. The molecule has 0 spiro atoms. The van der Waals surface area contributed by atoms with E-state index in [-0.39, 0.29) is 18.5 Å². The normalized spacial score (nSPS) is 18.5. The molecule has 106 valence electrons. The van der Waals surface area contributed by atoms with Crippen molar-refractivity contribution in [2.75, 3.05) is 32.8 Å². The van der Waals surface area contributed by atoms with E-state index in [1.807, 2.05) is 0 Å². The first kappa shape index (κ1) is 14.7. The zero-order valence-electron chi connectivity index (χ0n) is 10.9. The molecule has 1 heterocycles. The number of hydrogen-bond donors (Lipinski definition) is 2. The van der Waals surface area contributed by atoms with Crippen molar-refractivity contribution in [1.82, 2.24) is 10.2 Å². The van der Waals surface area contributed by atoms with Gasteiger partial charge >= 0.3 is 0 Å². The topological polar surface area (TPSA) is 35.5 Å². The molecule has 3 nitrogen and oxygen atoms in total. The molecule has 0 bridgehead atoms. The van der Waals surface area contributed by atoms with Gasteiger partial charge < -0.3 is 10.4 Å². The van der Waals surface area contributed by atoms with Crippen LogP contribution in [0.2, 0.25) is 5.02 Å². The van der Waals surface area contributed by atoms with Crippen LogP contribution in [0.25, 0.3) is 0 Å². The lowest BCUT2D eigenvalue weighted by Crippen LogP contribution is -2.45. The average Bonchev–Trinajstić information content (AvgIpc) is 2.43. The molecular weight excluding hydrogens is 267 g/mol. The third-order valence-electron chi connectivity index (χ3n) is 3.56. The lowest BCUT2D eigenvalue weighted by atomic mass is 9.99. The highest BCUT2D eigenvalue weighted by molar-refractivity contribution is 6.31. The van der Waals surface area contributed by atoms with Crippen molar-refractivity contribution in [3.63, 3.8) is 0 Å². The Morgan fingerprint density at radius 2 is 2.11 bits per heavy atom. The fourth-order valence-electron chi connectivity index (χ4n) is 2.62. The molecule has 0 amide bonds. The molecule has 1 aromatic carbocycles. The minimum absolute atomic E-state index is 0.0528. The molecule has 1 atom stereocenters. The molecule has 2 rings (SSSR count). The quantitative estimate of drug-likeness (QED) is 0.871. The minimum Gasteiger partial charge on any atom is -0.396 e. The highest BCUT2D eigenvalue weighted by Gasteiger charge is 2.26. The van der Waals surface area contributed by atoms with Gasteiger partial charge in [-0.25, -0.2) is 4.39 Å². The zero-order valence-corrected chi connectivity index (χ0v) is 11.7. The number of hydrogen-bond acceptors (Lipinski definition) is 3. The average molecular weight is 287 g/mol. The van der Waals surface area contributed by atoms with Gasteiger partial charge in [0.15, 0.2) is 0 Å². The molecule has 1 fully saturated rings. The van der Waals surface area contributed by atoms with Gasteiger partial charge in [0.2, 0.25) is 0 Å². The molecule has 0 aliphatic carbocycles. The van der Waals surface area contributed by atoms with E-state index in [4.69, 9.17) is 16.7 Å². The molecule has 1 aliphatic heterocycles. The van der Waals surface area contributed by atoms with Crippen molar-refractivity contribution in [3.05, 3.63) is 34.6 Å². The molecule has 1 aliphatic rings. The van der Waals surface area contributed by atoms with E-state index in [9.17, 15) is 4.39 Å². The standard InChI is InChI=1S/C14H20ClFN2O/c15-11-3-1-4-12(16)14(11)13(5-2-10-19)18-8-6-17-7-9-18/h1,3-4,13,17,19H,2,5-10H2/t13-/m1/s1. The Bertz CT molecular complexity index is 390. The Labute approximate surface area is 118 Å². The summed E-state index contributed by atoms with van der Waals surface area (Å²) in [6.45, 7) is 3.68. The van der Waals surface area contributed by atoms with E-state index in [2.05, 4.69) is 10.2 Å². The van der Waals surface area contributed by atoms with E-state index >= 15 is 0 Å². The van der Waals surface area contributed by atoms with Crippen molar-refractivity contribution in [1.29, 1.82) is 0 Å². The second kappa shape index (κ2) is 7.20. The maximum atomic E-state index is 14.1. The second-order valence-corrected chi connectivity index (χ2v) is 5.21. The van der Waals surface area contributed by atoms with Crippen LogP contribution < -0.4 is 5.32 Å². The molecule has 5 heteroatoms. The summed E-state index contributed by atoms with van der Waals surface area (Å²) in [7, 11) is 0. The largest absolute Gasteiger partial charge is 0.396 e. The van der Waals surface area contributed by atoms with Gasteiger partial charge in [-0.05, 0) is 25.0 Å². The molecule has 0 unspecified atom stereocenters. The Kier molecular flexibility index (Phi) is 5.58. The van der Waals surface area contributed by atoms with Crippen LogP contribution in [-0.4, -0.2) is 42.8 Å². The monoisotopic (exact) mass is 286 g/mol. The highest BCUT2D eigenvalue weighted by Crippen LogP contribution is 2.33. The van der Waals surface area contributed by atoms with E-state index < -0.39 is 0 Å². The lowest BCUT2D eigenvalue weighted by Gasteiger charge is -2.35. The van der Waals surface area contributed by atoms with Crippen LogP contribution in [0.3, 0.4) is 0 Å². The predicted molar refractivity (Wildman–Crippen MR) is 74.9 cm³/mol. The van der Waals surface area contributed by atoms with Crippen molar-refractivity contribution >= 4 is 11.6 Å². The van der Waals surface area contributed by atoms with Gasteiger partial charge in [0.25, 0.3) is 0 Å². The first-order valence-electron chi connectivity index (χ1n) is 6.73. The first-order chi connectivity index (χ1) is 9.24. The minimum atomic E-state index is -0.256. The van der Waals surface area contributed by atoms with Gasteiger partial charge in [0.1, 0.15) is 5.82 Å². The number of benzene rings is 1. The third kappa shape index (κ3) is 3.66. The summed E-state index contributed by atoms with van der Waals surface area (Å²) >= 11 is 6.18. The van der Waals surface area contributed by atoms with Gasteiger partial charge in [-0.1, -0.05) is 17.7 Å². The van der Waals surface area contributed by atoms with Crippen molar-refractivity contribution < 1.29 is 9.50 Å². The Hall–Kier alpha value is -0.680. The molecule has 1 saturated heterocycles. The molecule has 2 N–H and O–H groups in total. The number of halogens is 2. The van der Waals surface area contributed by atoms with E-state index in [1.54, 1.807) is 12.1 Å². The first-order valence-corrected chi connectivity index (χ1v) is 7.11. The van der Waals surface area contributed by atoms with Crippen molar-refractivity contribution in [2.24, 2.45) is 0 Å². The summed E-state index contributed by atoms with van der Waals surface area (Å²) in [6.07, 6.45) is 1.37. The van der Waals surface area contributed by atoms with Crippen molar-refractivity contribution in [2.45, 2.75) is 18.9 Å². The van der Waals surface area contributed by atoms with Crippen LogP contribution in [-0.2, 0) is 0 Å². The van der Waals surface area contributed by atoms with Crippen LogP contribution in [0.15, 0.2) is 18.2 Å². The van der Waals surface area contributed by atoms with Gasteiger partial charge in [-0.15, -0.1) is 0 Å². The van der Waals surface area contributed by atoms with Crippen LogP contribution in [0, 0.1) is 5.82 Å². The van der Waals surface area contributed by atoms with E-state index in [0.29, 0.717) is 17.0 Å². The lowest BCUT2D eigenvalue weighted by molar-refractivity contribution is 0.152. The molecule has 1 aromatic rings. The van der Waals surface area contributed by atoms with Crippen LogP contribution in [0.5, 0.6) is 0 Å². The van der Waals surface area contributed by atoms with E-state index in [1.165, 1.54) is 6.07 Å². The van der Waals surface area contributed by atoms with Crippen LogP contribution >= 0.6 is 11.6 Å². The molecule has 19 heavy (non-hydrogen) atoms. The Morgan fingerprint density at radius 3 is 2.74 bits per heavy atom. The van der Waals surface area contributed by atoms with Gasteiger partial charge in [-0.2, -0.15) is 0 Å². The number of nitrogens with one attached hydrogen (secondary N) is 1. The number of nitrogens with zero attached hydrogens (tertiary/aromatic N) is 1. The maximum Gasteiger partial charge on any atom is 0.129 e. The molecule has 0 saturated carbocycles. The van der Waals surface area contributed by atoms with E-state index in [0.717, 1.165) is 32.6 Å². The summed E-state index contributed by atoms with van der Waals surface area (Å²) in [4.78, 5) is 2.25. The number of aliphatic hydroxyl groups is 1. The van der Waals surface area contributed by atoms with Crippen LogP contribution in [0.1, 0.15) is 24.4 Å². The number of aliphatic hydroxyl groups excluding tert-OH is 1. The third-order valence-corrected chi connectivity index (χ3v) is 3.89. The fourth-order valence-corrected chi connectivity index (χ4v) is 2.91. The van der Waals surface area contributed by atoms with Crippen LogP contribution in [0.4, 0.5) is 4.39 Å². The summed E-state index contributed by atoms with van der Waals surface area (Å²) in [6, 6.07) is 4.76. The fraction of sp³-hybridized carbons (Fsp3) is 0.571. The number of piperazine rings is 1. The highest BCUT2D eigenvalue weighted by atomic mass is 35.5. The summed E-state index contributed by atoms with van der Waals surface area (Å²) in [5.41, 5.74) is 0.569. The second-order valence-electron chi connectivity index (χ2n) is 4.80. The zero-order chi connectivity index (χ0) is 13.7. The Balaban J connectivity index is 2.25. The molecule has 0 aromatic heterocycles.